The summed E-state index contributed by atoms with van der Waals surface area (Å²) >= 11 is 0. The average molecular weight is 499 g/mol. The van der Waals surface area contributed by atoms with Crippen molar-refractivity contribution in [3.8, 4) is 17.2 Å². The van der Waals surface area contributed by atoms with Crippen molar-refractivity contribution in [2.24, 2.45) is 10.9 Å². The predicted octanol–water partition coefficient (Wildman–Crippen LogP) is 4.54. The zero-order valence-electron chi connectivity index (χ0n) is 17.1. The molecule has 0 unspecified atom stereocenters. The van der Waals surface area contributed by atoms with E-state index < -0.39 is 0 Å². The van der Waals surface area contributed by atoms with Crippen LogP contribution < -0.4 is 24.8 Å². The van der Waals surface area contributed by atoms with Crippen molar-refractivity contribution >= 4 is 35.6 Å². The number of halogens is 1. The van der Waals surface area contributed by atoms with E-state index >= 15 is 0 Å². The molecule has 2 aromatic carbocycles. The van der Waals surface area contributed by atoms with Crippen LogP contribution in [0.5, 0.6) is 17.2 Å². The van der Waals surface area contributed by atoms with Crippen molar-refractivity contribution in [3.05, 3.63) is 48.0 Å². The van der Waals surface area contributed by atoms with Gasteiger partial charge in [0.2, 0.25) is 0 Å². The molecule has 7 heteroatoms. The van der Waals surface area contributed by atoms with E-state index in [1.807, 2.05) is 42.5 Å². The molecule has 6 nitrogen and oxygen atoms in total. The molecule has 0 atom stereocenters. The standard InChI is InChI=1S/C21H29N3O3.HI/c1-15(2)14-27-18-9-6-16(7-10-18)13-23-21(22-3)24-17-8-11-19(25-4)20(12-17)26-5;/h6-12,15H,13-14H2,1-5H3,(H2,22,23,24);1H. The minimum absolute atomic E-state index is 0. The summed E-state index contributed by atoms with van der Waals surface area (Å²) in [6.07, 6.45) is 0. The Kier molecular flexibility index (Phi) is 10.5. The van der Waals surface area contributed by atoms with Crippen LogP contribution in [0, 0.1) is 5.92 Å². The second-order valence-electron chi connectivity index (χ2n) is 6.47. The summed E-state index contributed by atoms with van der Waals surface area (Å²) in [5, 5.41) is 6.54. The fraction of sp³-hybridized carbons (Fsp3) is 0.381. The second kappa shape index (κ2) is 12.3. The van der Waals surface area contributed by atoms with Crippen molar-refractivity contribution in [2.75, 3.05) is 33.2 Å². The summed E-state index contributed by atoms with van der Waals surface area (Å²) in [6, 6.07) is 13.7. The number of nitrogens with zero attached hydrogens (tertiary/aromatic N) is 1. The van der Waals surface area contributed by atoms with Crippen molar-refractivity contribution in [2.45, 2.75) is 20.4 Å². The first-order valence-corrected chi connectivity index (χ1v) is 8.97. The number of ether oxygens (including phenoxy) is 3. The molecular weight excluding hydrogens is 469 g/mol. The number of guanidine groups is 1. The molecule has 0 aliphatic heterocycles. The Balaban J connectivity index is 0.00000392. The van der Waals surface area contributed by atoms with Crippen molar-refractivity contribution < 1.29 is 14.2 Å². The molecule has 0 fully saturated rings. The summed E-state index contributed by atoms with van der Waals surface area (Å²) < 4.78 is 16.3. The highest BCUT2D eigenvalue weighted by Gasteiger charge is 2.06. The van der Waals surface area contributed by atoms with E-state index in [9.17, 15) is 0 Å². The van der Waals surface area contributed by atoms with Gasteiger partial charge in [0.05, 0.1) is 20.8 Å². The quantitative estimate of drug-likeness (QED) is 0.317. The molecule has 2 aromatic rings. The molecule has 0 aromatic heterocycles. The van der Waals surface area contributed by atoms with Gasteiger partial charge < -0.3 is 24.8 Å². The Morgan fingerprint density at radius 2 is 1.68 bits per heavy atom. The minimum Gasteiger partial charge on any atom is -0.493 e. The largest absolute Gasteiger partial charge is 0.493 e. The van der Waals surface area contributed by atoms with E-state index in [2.05, 4.69) is 29.5 Å². The topological polar surface area (TPSA) is 64.1 Å². The summed E-state index contributed by atoms with van der Waals surface area (Å²) in [7, 11) is 4.97. The highest BCUT2D eigenvalue weighted by molar-refractivity contribution is 14.0. The molecule has 28 heavy (non-hydrogen) atoms. The van der Waals surface area contributed by atoms with Gasteiger partial charge in [0, 0.05) is 25.3 Å². The molecule has 0 aliphatic carbocycles. The lowest BCUT2D eigenvalue weighted by molar-refractivity contribution is 0.271. The Hall–Kier alpha value is -2.16. The molecule has 154 valence electrons. The van der Waals surface area contributed by atoms with Crippen LogP contribution in [0.4, 0.5) is 5.69 Å². The fourth-order valence-corrected chi connectivity index (χ4v) is 2.38. The summed E-state index contributed by atoms with van der Waals surface area (Å²) in [4.78, 5) is 4.26. The maximum atomic E-state index is 5.71. The van der Waals surface area contributed by atoms with Crippen LogP contribution >= 0.6 is 24.0 Å². The molecule has 0 bridgehead atoms. The van der Waals surface area contributed by atoms with Gasteiger partial charge in [-0.05, 0) is 35.7 Å². The SMILES string of the molecule is CN=C(NCc1ccc(OCC(C)C)cc1)Nc1ccc(OC)c(OC)c1.I. The molecule has 0 aliphatic rings. The Bertz CT molecular complexity index is 749. The molecular formula is C21H30IN3O3. The molecule has 2 rings (SSSR count). The van der Waals surface area contributed by atoms with E-state index in [4.69, 9.17) is 14.2 Å². The van der Waals surface area contributed by atoms with Gasteiger partial charge in [-0.2, -0.15) is 0 Å². The molecule has 0 heterocycles. The van der Waals surface area contributed by atoms with Crippen LogP contribution in [0.3, 0.4) is 0 Å². The van der Waals surface area contributed by atoms with Gasteiger partial charge in [0.25, 0.3) is 0 Å². The van der Waals surface area contributed by atoms with Gasteiger partial charge in [0.1, 0.15) is 5.75 Å². The molecule has 0 radical (unpaired) electrons. The van der Waals surface area contributed by atoms with Gasteiger partial charge >= 0.3 is 0 Å². The zero-order chi connectivity index (χ0) is 19.6. The van der Waals surface area contributed by atoms with Crippen LogP contribution in [0.2, 0.25) is 0 Å². The second-order valence-corrected chi connectivity index (χ2v) is 6.47. The summed E-state index contributed by atoms with van der Waals surface area (Å²) in [5.74, 6) is 3.42. The van der Waals surface area contributed by atoms with E-state index in [1.165, 1.54) is 0 Å². The number of benzene rings is 2. The van der Waals surface area contributed by atoms with E-state index in [0.29, 0.717) is 29.9 Å². The minimum atomic E-state index is 0. The Labute approximate surface area is 184 Å². The smallest absolute Gasteiger partial charge is 0.195 e. The van der Waals surface area contributed by atoms with Gasteiger partial charge in [-0.15, -0.1) is 24.0 Å². The van der Waals surface area contributed by atoms with Gasteiger partial charge in [-0.3, -0.25) is 4.99 Å². The van der Waals surface area contributed by atoms with E-state index in [0.717, 1.165) is 23.6 Å². The number of hydrogen-bond acceptors (Lipinski definition) is 4. The van der Waals surface area contributed by atoms with Crippen molar-refractivity contribution in [1.82, 2.24) is 5.32 Å². The van der Waals surface area contributed by atoms with Crippen LogP contribution in [-0.4, -0.2) is 33.8 Å². The van der Waals surface area contributed by atoms with E-state index in [-0.39, 0.29) is 24.0 Å². The van der Waals surface area contributed by atoms with Crippen LogP contribution in [0.15, 0.2) is 47.5 Å². The monoisotopic (exact) mass is 499 g/mol. The maximum Gasteiger partial charge on any atom is 0.195 e. The lowest BCUT2D eigenvalue weighted by Crippen LogP contribution is -2.30. The molecule has 0 amide bonds. The van der Waals surface area contributed by atoms with Gasteiger partial charge in [0.15, 0.2) is 17.5 Å². The van der Waals surface area contributed by atoms with Gasteiger partial charge in [-0.1, -0.05) is 26.0 Å². The third kappa shape index (κ3) is 7.46. The van der Waals surface area contributed by atoms with Crippen molar-refractivity contribution in [3.63, 3.8) is 0 Å². The third-order valence-corrected chi connectivity index (χ3v) is 3.84. The number of nitrogens with one attached hydrogen (secondary N) is 2. The highest BCUT2D eigenvalue weighted by Crippen LogP contribution is 2.29. The van der Waals surface area contributed by atoms with E-state index in [1.54, 1.807) is 21.3 Å². The highest BCUT2D eigenvalue weighted by atomic mass is 127. The first-order valence-electron chi connectivity index (χ1n) is 8.97. The lowest BCUT2D eigenvalue weighted by atomic mass is 10.2. The predicted molar refractivity (Wildman–Crippen MR) is 126 cm³/mol. The number of methoxy groups -OCH3 is 2. The molecule has 0 saturated heterocycles. The first kappa shape index (κ1) is 23.9. The average Bonchev–Trinajstić information content (AvgIpc) is 2.70. The molecule has 0 spiro atoms. The number of aliphatic imine (C=N–C) groups is 1. The molecule has 0 saturated carbocycles. The first-order chi connectivity index (χ1) is 13.0. The molecule has 2 N–H and O–H groups in total. The number of hydrogen-bond donors (Lipinski definition) is 2. The Morgan fingerprint density at radius 3 is 2.25 bits per heavy atom. The summed E-state index contributed by atoms with van der Waals surface area (Å²) in [6.45, 7) is 5.64. The third-order valence-electron chi connectivity index (χ3n) is 3.84. The fourth-order valence-electron chi connectivity index (χ4n) is 2.38. The van der Waals surface area contributed by atoms with Crippen LogP contribution in [0.1, 0.15) is 19.4 Å². The van der Waals surface area contributed by atoms with Crippen LogP contribution in [0.25, 0.3) is 0 Å². The normalized spacial score (nSPS) is 10.9. The number of anilines is 1. The lowest BCUT2D eigenvalue weighted by Gasteiger charge is -2.14. The maximum absolute atomic E-state index is 5.71. The summed E-state index contributed by atoms with van der Waals surface area (Å²) in [5.41, 5.74) is 2.00. The number of rotatable bonds is 8. The zero-order valence-corrected chi connectivity index (χ0v) is 19.4. The van der Waals surface area contributed by atoms with Gasteiger partial charge in [-0.25, -0.2) is 0 Å². The van der Waals surface area contributed by atoms with Crippen LogP contribution in [-0.2, 0) is 6.54 Å². The van der Waals surface area contributed by atoms with Crippen molar-refractivity contribution in [1.29, 1.82) is 0 Å². The Morgan fingerprint density at radius 1 is 1.00 bits per heavy atom.